The zero-order valence-electron chi connectivity index (χ0n) is 10.2. The maximum atomic E-state index is 6.02. The summed E-state index contributed by atoms with van der Waals surface area (Å²) in [6, 6.07) is 7.03. The molecule has 1 nitrogen and oxygen atoms in total. The summed E-state index contributed by atoms with van der Waals surface area (Å²) in [5.74, 6) is 0. The van der Waals surface area contributed by atoms with E-state index in [9.17, 15) is 0 Å². The Bertz CT molecular complexity index is 304. The molecule has 0 fully saturated rings. The zero-order chi connectivity index (χ0) is 11.3. The van der Waals surface area contributed by atoms with Crippen molar-refractivity contribution in [2.75, 3.05) is 0 Å². The third-order valence-corrected chi connectivity index (χ3v) is 2.95. The number of hydrogen-bond donors (Lipinski definition) is 1. The Morgan fingerprint density at radius 3 is 2.60 bits per heavy atom. The van der Waals surface area contributed by atoms with E-state index in [2.05, 4.69) is 39.0 Å². The first kappa shape index (κ1) is 12.3. The lowest BCUT2D eigenvalue weighted by Gasteiger charge is -2.12. The molecule has 1 rings (SSSR count). The van der Waals surface area contributed by atoms with Crippen LogP contribution in [0.15, 0.2) is 18.2 Å². The van der Waals surface area contributed by atoms with Crippen LogP contribution < -0.4 is 5.73 Å². The molecule has 0 bridgehead atoms. The summed E-state index contributed by atoms with van der Waals surface area (Å²) < 4.78 is 0. The molecule has 1 unspecified atom stereocenters. The van der Waals surface area contributed by atoms with E-state index >= 15 is 0 Å². The molecule has 1 atom stereocenters. The SMILES string of the molecule is CCCC(N)CCc1cc(C)ccc1C. The second kappa shape index (κ2) is 5.92. The van der Waals surface area contributed by atoms with Crippen molar-refractivity contribution in [2.45, 2.75) is 52.5 Å². The van der Waals surface area contributed by atoms with E-state index in [4.69, 9.17) is 5.73 Å². The normalized spacial score (nSPS) is 12.8. The van der Waals surface area contributed by atoms with Crippen molar-refractivity contribution in [3.63, 3.8) is 0 Å². The molecule has 0 aromatic heterocycles. The van der Waals surface area contributed by atoms with Gasteiger partial charge in [-0.3, -0.25) is 0 Å². The van der Waals surface area contributed by atoms with Gasteiger partial charge in [0.05, 0.1) is 0 Å². The Labute approximate surface area is 93.7 Å². The second-order valence-corrected chi connectivity index (χ2v) is 4.52. The van der Waals surface area contributed by atoms with Crippen LogP contribution in [0.3, 0.4) is 0 Å². The number of hydrogen-bond acceptors (Lipinski definition) is 1. The van der Waals surface area contributed by atoms with Crippen molar-refractivity contribution >= 4 is 0 Å². The minimum absolute atomic E-state index is 0.370. The fourth-order valence-corrected chi connectivity index (χ4v) is 1.93. The summed E-state index contributed by atoms with van der Waals surface area (Å²) >= 11 is 0. The Balaban J connectivity index is 2.53. The van der Waals surface area contributed by atoms with E-state index in [0.717, 1.165) is 19.3 Å². The van der Waals surface area contributed by atoms with Crippen LogP contribution in [0.4, 0.5) is 0 Å². The molecule has 0 heterocycles. The predicted octanol–water partition coefficient (Wildman–Crippen LogP) is 3.36. The van der Waals surface area contributed by atoms with Crippen molar-refractivity contribution in [1.82, 2.24) is 0 Å². The van der Waals surface area contributed by atoms with Crippen LogP contribution in [0.5, 0.6) is 0 Å². The van der Waals surface area contributed by atoms with Gasteiger partial charge < -0.3 is 5.73 Å². The summed E-state index contributed by atoms with van der Waals surface area (Å²) in [5.41, 5.74) is 10.2. The molecule has 0 spiro atoms. The molecule has 0 saturated heterocycles. The molecule has 84 valence electrons. The van der Waals surface area contributed by atoms with Gasteiger partial charge in [-0.2, -0.15) is 0 Å². The van der Waals surface area contributed by atoms with Crippen molar-refractivity contribution in [3.05, 3.63) is 34.9 Å². The van der Waals surface area contributed by atoms with Gasteiger partial charge in [-0.25, -0.2) is 0 Å². The average molecular weight is 205 g/mol. The highest BCUT2D eigenvalue weighted by Crippen LogP contribution is 2.14. The fraction of sp³-hybridized carbons (Fsp3) is 0.571. The topological polar surface area (TPSA) is 26.0 Å². The molecular formula is C14H23N. The minimum atomic E-state index is 0.370. The molecule has 0 aliphatic heterocycles. The van der Waals surface area contributed by atoms with Crippen LogP contribution in [0.25, 0.3) is 0 Å². The highest BCUT2D eigenvalue weighted by molar-refractivity contribution is 5.30. The van der Waals surface area contributed by atoms with Gasteiger partial charge in [0.1, 0.15) is 0 Å². The van der Waals surface area contributed by atoms with E-state index in [1.807, 2.05) is 0 Å². The molecule has 0 aliphatic rings. The molecule has 15 heavy (non-hydrogen) atoms. The molecule has 2 N–H and O–H groups in total. The van der Waals surface area contributed by atoms with E-state index in [-0.39, 0.29) is 0 Å². The number of benzene rings is 1. The number of rotatable bonds is 5. The van der Waals surface area contributed by atoms with E-state index < -0.39 is 0 Å². The molecule has 1 aromatic rings. The van der Waals surface area contributed by atoms with Crippen molar-refractivity contribution in [3.8, 4) is 0 Å². The van der Waals surface area contributed by atoms with E-state index in [0.29, 0.717) is 6.04 Å². The van der Waals surface area contributed by atoms with Crippen molar-refractivity contribution in [2.24, 2.45) is 5.73 Å². The quantitative estimate of drug-likeness (QED) is 0.783. The van der Waals surface area contributed by atoms with Gasteiger partial charge in [-0.15, -0.1) is 0 Å². The summed E-state index contributed by atoms with van der Waals surface area (Å²) in [6.45, 7) is 6.52. The van der Waals surface area contributed by atoms with Gasteiger partial charge in [0, 0.05) is 6.04 Å². The summed E-state index contributed by atoms with van der Waals surface area (Å²) in [5, 5.41) is 0. The lowest BCUT2D eigenvalue weighted by atomic mass is 9.98. The van der Waals surface area contributed by atoms with Crippen LogP contribution in [0.2, 0.25) is 0 Å². The maximum absolute atomic E-state index is 6.02. The fourth-order valence-electron chi connectivity index (χ4n) is 1.93. The molecule has 0 saturated carbocycles. The van der Waals surface area contributed by atoms with Gasteiger partial charge >= 0.3 is 0 Å². The molecule has 0 amide bonds. The Hall–Kier alpha value is -0.820. The molecular weight excluding hydrogens is 182 g/mol. The van der Waals surface area contributed by atoms with Crippen LogP contribution in [0.1, 0.15) is 42.9 Å². The van der Waals surface area contributed by atoms with Crippen LogP contribution in [-0.2, 0) is 6.42 Å². The van der Waals surface area contributed by atoms with Gasteiger partial charge in [0.15, 0.2) is 0 Å². The zero-order valence-corrected chi connectivity index (χ0v) is 10.2. The summed E-state index contributed by atoms with van der Waals surface area (Å²) in [4.78, 5) is 0. The Morgan fingerprint density at radius 1 is 1.20 bits per heavy atom. The van der Waals surface area contributed by atoms with E-state index in [1.165, 1.54) is 23.1 Å². The van der Waals surface area contributed by atoms with Gasteiger partial charge in [-0.1, -0.05) is 37.1 Å². The Kier molecular flexibility index (Phi) is 4.83. The van der Waals surface area contributed by atoms with Crippen LogP contribution in [-0.4, -0.2) is 6.04 Å². The maximum Gasteiger partial charge on any atom is 0.00418 e. The van der Waals surface area contributed by atoms with Crippen LogP contribution in [0, 0.1) is 13.8 Å². The largest absolute Gasteiger partial charge is 0.328 e. The van der Waals surface area contributed by atoms with Gasteiger partial charge in [-0.05, 0) is 44.2 Å². The number of aryl methyl sites for hydroxylation is 3. The van der Waals surface area contributed by atoms with Crippen molar-refractivity contribution < 1.29 is 0 Å². The van der Waals surface area contributed by atoms with Crippen LogP contribution >= 0.6 is 0 Å². The first-order valence-corrected chi connectivity index (χ1v) is 5.95. The smallest absolute Gasteiger partial charge is 0.00418 e. The standard InChI is InChI=1S/C14H23N/c1-4-5-14(15)9-8-13-10-11(2)6-7-12(13)3/h6-7,10,14H,4-5,8-9,15H2,1-3H3. The predicted molar refractivity (Wildman–Crippen MR) is 67.1 cm³/mol. The third kappa shape index (κ3) is 4.05. The van der Waals surface area contributed by atoms with Gasteiger partial charge in [0.2, 0.25) is 0 Å². The van der Waals surface area contributed by atoms with Crippen molar-refractivity contribution in [1.29, 1.82) is 0 Å². The lowest BCUT2D eigenvalue weighted by Crippen LogP contribution is -2.20. The molecule has 1 aromatic carbocycles. The first-order valence-electron chi connectivity index (χ1n) is 5.95. The molecule has 0 aliphatic carbocycles. The third-order valence-electron chi connectivity index (χ3n) is 2.95. The average Bonchev–Trinajstić information content (AvgIpc) is 2.20. The highest BCUT2D eigenvalue weighted by atomic mass is 14.6. The second-order valence-electron chi connectivity index (χ2n) is 4.52. The first-order chi connectivity index (χ1) is 7.13. The molecule has 1 heteroatoms. The summed E-state index contributed by atoms with van der Waals surface area (Å²) in [6.07, 6.45) is 4.56. The Morgan fingerprint density at radius 2 is 1.93 bits per heavy atom. The monoisotopic (exact) mass is 205 g/mol. The number of nitrogens with two attached hydrogens (primary N) is 1. The highest BCUT2D eigenvalue weighted by Gasteiger charge is 2.03. The van der Waals surface area contributed by atoms with E-state index in [1.54, 1.807) is 0 Å². The summed E-state index contributed by atoms with van der Waals surface area (Å²) in [7, 11) is 0. The molecule has 0 radical (unpaired) electrons. The van der Waals surface area contributed by atoms with Gasteiger partial charge in [0.25, 0.3) is 0 Å². The minimum Gasteiger partial charge on any atom is -0.328 e. The lowest BCUT2D eigenvalue weighted by molar-refractivity contribution is 0.560.